The molecular weight excluding hydrogens is 1870 g/mol. The lowest BCUT2D eigenvalue weighted by Gasteiger charge is -2.33. The first-order valence-electron chi connectivity index (χ1n) is 48.4. The van der Waals surface area contributed by atoms with Crippen molar-refractivity contribution in [1.82, 2.24) is 104 Å². The molecule has 3 aromatic carbocycles. The van der Waals surface area contributed by atoms with Gasteiger partial charge in [0.25, 0.3) is 0 Å². The number of nitrogens with one attached hydrogen (secondary N) is 17. The van der Waals surface area contributed by atoms with Crippen LogP contribution in [0, 0.1) is 29.1 Å². The number of aromatic amines is 1. The van der Waals surface area contributed by atoms with Crippen LogP contribution in [0.4, 0.5) is 0 Å². The number of rotatable bonds is 26. The average molecular weight is 2010 g/mol. The average Bonchev–Trinajstić information content (AvgIpc) is 1.56. The van der Waals surface area contributed by atoms with E-state index in [1.807, 2.05) is 0 Å². The molecule has 4 fully saturated rings. The summed E-state index contributed by atoms with van der Waals surface area (Å²) >= 11 is 0. The van der Waals surface area contributed by atoms with E-state index in [2.05, 4.69) is 89.7 Å². The highest BCUT2D eigenvalue weighted by Gasteiger charge is 2.48. The molecule has 144 heavy (non-hydrogen) atoms. The van der Waals surface area contributed by atoms with Crippen LogP contribution in [0.3, 0.4) is 0 Å². The Kier molecular flexibility index (Phi) is 43.3. The van der Waals surface area contributed by atoms with Gasteiger partial charge in [0, 0.05) is 64.5 Å². The number of H-pyrrole nitrogens is 1. The summed E-state index contributed by atoms with van der Waals surface area (Å²) in [5.74, 6) is -25.4. The topological polar surface area (TPSA) is 743 Å². The van der Waals surface area contributed by atoms with Gasteiger partial charge in [0.05, 0.1) is 37.1 Å². The van der Waals surface area contributed by atoms with Crippen molar-refractivity contribution in [2.75, 3.05) is 26.2 Å². The van der Waals surface area contributed by atoms with Gasteiger partial charge in [-0.3, -0.25) is 101 Å². The summed E-state index contributed by atoms with van der Waals surface area (Å²) in [6.45, 7) is 14.2. The van der Waals surface area contributed by atoms with Gasteiger partial charge in [0.15, 0.2) is 5.96 Å². The fourth-order valence-electron chi connectivity index (χ4n) is 17.4. The van der Waals surface area contributed by atoms with Gasteiger partial charge in [-0.05, 0) is 124 Å². The number of phenols is 1. The molecule has 27 N–H and O–H groups in total. The molecule has 48 heteroatoms. The van der Waals surface area contributed by atoms with Crippen molar-refractivity contribution < 1.29 is 116 Å². The van der Waals surface area contributed by atoms with Crippen molar-refractivity contribution in [2.24, 2.45) is 40.9 Å². The molecule has 8 rings (SSSR count). The quantitative estimate of drug-likeness (QED) is 0.0159. The minimum Gasteiger partial charge on any atom is -0.508 e. The van der Waals surface area contributed by atoms with Crippen LogP contribution in [-0.4, -0.2) is 310 Å². The maximum absolute atomic E-state index is 15.4. The van der Waals surface area contributed by atoms with E-state index in [1.165, 1.54) is 50.6 Å². The number of benzene rings is 3. The van der Waals surface area contributed by atoms with E-state index in [1.54, 1.807) is 102 Å². The number of phenolic OH excluding ortho intramolecular Hbond substituents is 1. The van der Waals surface area contributed by atoms with E-state index in [-0.39, 0.29) is 115 Å². The second-order valence-corrected chi connectivity index (χ2v) is 37.8. The maximum atomic E-state index is 15.4. The highest BCUT2D eigenvalue weighted by molar-refractivity contribution is 6.04. The van der Waals surface area contributed by atoms with Gasteiger partial charge in [-0.1, -0.05) is 135 Å². The number of nitrogens with zero attached hydrogens (tertiary/aromatic N) is 4. The molecule has 0 spiro atoms. The molecule has 48 nitrogen and oxygen atoms in total. The third kappa shape index (κ3) is 33.5. The molecule has 4 aliphatic rings. The molecule has 5 heterocycles. The minimum absolute atomic E-state index is 0.0185. The zero-order chi connectivity index (χ0) is 106. The smallest absolute Gasteiger partial charge is 0.303 e. The van der Waals surface area contributed by atoms with E-state index in [9.17, 15) is 92.3 Å². The molecule has 4 aliphatic heterocycles. The summed E-state index contributed by atoms with van der Waals surface area (Å²) in [7, 11) is 0. The van der Waals surface area contributed by atoms with Crippen LogP contribution < -0.4 is 97.0 Å². The Morgan fingerprint density at radius 3 is 1.13 bits per heavy atom. The lowest BCUT2D eigenvalue weighted by molar-refractivity contribution is -0.146. The zero-order valence-corrected chi connectivity index (χ0v) is 82.3. The van der Waals surface area contributed by atoms with Gasteiger partial charge in [0.2, 0.25) is 112 Å². The number of nitrogens with two attached hydrogens (primary N) is 3. The number of imidazole rings is 1. The van der Waals surface area contributed by atoms with Crippen LogP contribution in [0.2, 0.25) is 0 Å². The fourth-order valence-corrected chi connectivity index (χ4v) is 17.4. The highest BCUT2D eigenvalue weighted by Crippen LogP contribution is 2.27. The third-order valence-electron chi connectivity index (χ3n) is 25.5. The summed E-state index contributed by atoms with van der Waals surface area (Å²) in [6.07, 6.45) is -5.50. The summed E-state index contributed by atoms with van der Waals surface area (Å²) in [4.78, 5) is 302. The van der Waals surface area contributed by atoms with Gasteiger partial charge >= 0.3 is 5.97 Å². The van der Waals surface area contributed by atoms with Crippen molar-refractivity contribution >= 4 is 124 Å². The highest BCUT2D eigenvalue weighted by atomic mass is 16.4. The number of primary amides is 2. The van der Waals surface area contributed by atoms with Gasteiger partial charge in [0.1, 0.15) is 108 Å². The number of hydrogen-bond acceptors (Lipinski definition) is 25. The van der Waals surface area contributed by atoms with E-state index in [4.69, 9.17) is 22.6 Å². The maximum Gasteiger partial charge on any atom is 0.303 e. The van der Waals surface area contributed by atoms with Crippen LogP contribution in [0.15, 0.2) is 97.5 Å². The predicted octanol–water partition coefficient (Wildman–Crippen LogP) is -5.19. The number of amides is 19. The number of carbonyl (C=O) groups is 20. The Morgan fingerprint density at radius 1 is 0.403 bits per heavy atom. The molecule has 0 unspecified atom stereocenters. The van der Waals surface area contributed by atoms with Gasteiger partial charge in [-0.25, -0.2) is 4.98 Å². The standard InChI is InChI=1S/C96H138N24O24/c1-11-51(8)76-92(141)114-75(50(6)7)91(140)117-78(53(10)122)95(144)120-39-20-27-67(120)86(135)104-59(26-18-36-102-96(99)100)80(129)116-77(52(9)121)94(143)119-38-21-28-68(119)87(136)105-60(34-35-72(126)127)79(128)111-66(45-71(98)125)93(142)118-37-19-29-69(118)88(137)112-74(49(4)5)90(139)113-73(48(2)3)89(138)110-64(43-57-46-101-47-103-57)84(133)108-62(41-55-24-16-13-17-25-55)82(131)106-61(40-54-22-14-12-15-23-54)81(130)107-63(42-56-30-32-58(123)33-31-56)83(132)109-65(44-70(97)124)85(134)115-76/h12-17,22-25,30-33,46-53,59-69,73-78,121-123H,11,18-21,26-29,34-45H2,1-10H3,(H2,97,124)(H2,98,125)(H,101,103)(H,104,135)(H,105,136)(H,106,131)(H,107,130)(H,108,133)(H,109,132)(H,110,138)(H,111,128)(H,112,137)(H,113,139)(H,114,141)(H,115,134)(H,116,129)(H,117,140)(H,126,127)(H4,99,100,102)/t51-,52+,53+,59-,60-,61-,62-,63-,64-,65-,66-,67-,68-,69-,73-,74-,75-,76-,77-,78-/m0/s1. The number of fused-ring (bicyclic) bond motifs is 3. The SMILES string of the molecule is CC[C@H](C)[C@@H]1NC(=O)[C@H](CC(N)=O)NC(=O)[C@H](Cc2ccc(O)cc2)NC(=O)[C@H](Cc2ccccc2)NC(=O)[C@H](Cc2ccccc2)NC(=O)[C@H](Cc2c[nH]cn2)NC(=O)[C@H](C(C)C)NC(=O)[C@H](C(C)C)NC(=O)[C@@H]2CCCN2C(=O)[C@H](CC(N)=O)NC(=O)[C@H](CCC(=O)O)NC(=O)[C@@H]2CCCN2C(=O)[C@H]([C@@H](C)O)NC(=O)[C@H](CCCNC(=N)N)NC(=O)[C@@H]2CCCN2C(=O)[C@H]([C@@H](C)O)NC(=O)[C@H](C(C)C)NC1=O. The largest absolute Gasteiger partial charge is 0.508 e. The van der Waals surface area contributed by atoms with Crippen molar-refractivity contribution in [3.63, 3.8) is 0 Å². The first-order valence-corrected chi connectivity index (χ1v) is 48.4. The van der Waals surface area contributed by atoms with Crippen molar-refractivity contribution in [1.29, 1.82) is 5.41 Å². The summed E-state index contributed by atoms with van der Waals surface area (Å²) in [5, 5.41) is 89.8. The van der Waals surface area contributed by atoms with E-state index in [0.717, 1.165) is 28.5 Å². The molecule has 0 radical (unpaired) electrons. The zero-order valence-electron chi connectivity index (χ0n) is 82.3. The Morgan fingerprint density at radius 2 is 0.729 bits per heavy atom. The molecule has 1 aromatic heterocycles. The monoisotopic (exact) mass is 2010 g/mol. The number of aromatic hydroxyl groups is 1. The number of aliphatic hydroxyl groups excluding tert-OH is 2. The predicted molar refractivity (Wildman–Crippen MR) is 517 cm³/mol. The fraction of sp³-hybridized carbons (Fsp3) is 0.562. The number of aliphatic hydroxyl groups is 2. The van der Waals surface area contributed by atoms with Gasteiger partial charge < -0.3 is 137 Å². The van der Waals surface area contributed by atoms with Crippen molar-refractivity contribution in [3.8, 4) is 5.75 Å². The number of aromatic nitrogens is 2. The molecule has 20 atom stereocenters. The first kappa shape index (κ1) is 115. The molecule has 0 aliphatic carbocycles. The van der Waals surface area contributed by atoms with Gasteiger partial charge in [-0.2, -0.15) is 0 Å². The molecule has 0 saturated carbocycles. The lowest BCUT2D eigenvalue weighted by atomic mass is 9.95. The lowest BCUT2D eigenvalue weighted by Crippen LogP contribution is -2.63. The summed E-state index contributed by atoms with van der Waals surface area (Å²) < 4.78 is 0. The number of hydrogen-bond donors (Lipinski definition) is 24. The minimum atomic E-state index is -1.94. The van der Waals surface area contributed by atoms with Crippen LogP contribution >= 0.6 is 0 Å². The Bertz CT molecular complexity index is 5210. The molecule has 19 amide bonds. The Labute approximate surface area is 832 Å². The van der Waals surface area contributed by atoms with Crippen LogP contribution in [0.1, 0.15) is 175 Å². The summed E-state index contributed by atoms with van der Waals surface area (Å²) in [5.41, 5.74) is 18.5. The Balaban J connectivity index is 1.18. The van der Waals surface area contributed by atoms with Crippen molar-refractivity contribution in [3.05, 3.63) is 120 Å². The van der Waals surface area contributed by atoms with E-state index in [0.29, 0.717) is 16.7 Å². The number of guanidine groups is 1. The normalized spacial score (nSPS) is 26.3. The summed E-state index contributed by atoms with van der Waals surface area (Å²) in [6, 6.07) is -6.40. The van der Waals surface area contributed by atoms with Gasteiger partial charge in [-0.15, -0.1) is 0 Å². The third-order valence-corrected chi connectivity index (χ3v) is 25.5. The van der Waals surface area contributed by atoms with E-state index < -0.39 is 295 Å². The Hall–Kier alpha value is -14.7. The number of aliphatic carboxylic acids is 1. The number of carbonyl (C=O) groups excluding carboxylic acids is 19. The molecule has 0 bridgehead atoms. The molecule has 786 valence electrons. The van der Waals surface area contributed by atoms with E-state index >= 15 is 24.0 Å². The molecular formula is C96H138N24O24. The first-order chi connectivity index (χ1) is 68.1. The second kappa shape index (κ2) is 54.5. The van der Waals surface area contributed by atoms with Crippen LogP contribution in [-0.2, 0) is 122 Å². The number of carboxylic acid groups (broad SMARTS) is 1. The number of carboxylic acids is 1. The van der Waals surface area contributed by atoms with Crippen LogP contribution in [0.5, 0.6) is 5.75 Å². The van der Waals surface area contributed by atoms with Crippen LogP contribution in [0.25, 0.3) is 0 Å². The molecule has 4 aromatic rings. The second-order valence-electron chi connectivity index (χ2n) is 37.8. The van der Waals surface area contributed by atoms with Crippen molar-refractivity contribution in [2.45, 2.75) is 293 Å². The molecule has 4 saturated heterocycles.